The van der Waals surface area contributed by atoms with Gasteiger partial charge in [0.2, 0.25) is 5.82 Å². The minimum absolute atomic E-state index is 0.0825. The molecular formula is C9H10ClFO3. The first-order valence-electron chi connectivity index (χ1n) is 3.96. The fraction of sp³-hybridized carbons (Fsp3) is 0.333. The van der Waals surface area contributed by atoms with Crippen LogP contribution in [0.2, 0.25) is 5.02 Å². The Morgan fingerprint density at radius 2 is 2.21 bits per heavy atom. The standard InChI is InChI=1S/C9H10ClFO3/c1-14-9-5(2-3-12)4-6(10)8(13)7(9)11/h4,12-13H,2-3H2,1H3. The molecule has 78 valence electrons. The van der Waals surface area contributed by atoms with Gasteiger partial charge in [0.1, 0.15) is 0 Å². The Hall–Kier alpha value is -1.00. The van der Waals surface area contributed by atoms with E-state index in [4.69, 9.17) is 26.6 Å². The van der Waals surface area contributed by atoms with Gasteiger partial charge < -0.3 is 14.9 Å². The minimum atomic E-state index is -0.900. The number of benzene rings is 1. The van der Waals surface area contributed by atoms with Crippen LogP contribution in [-0.2, 0) is 6.42 Å². The highest BCUT2D eigenvalue weighted by atomic mass is 35.5. The molecule has 0 aliphatic rings. The number of methoxy groups -OCH3 is 1. The SMILES string of the molecule is COc1c(CCO)cc(Cl)c(O)c1F. The van der Waals surface area contributed by atoms with Gasteiger partial charge in [-0.25, -0.2) is 0 Å². The van der Waals surface area contributed by atoms with Crippen LogP contribution in [0.3, 0.4) is 0 Å². The van der Waals surface area contributed by atoms with Crippen molar-refractivity contribution in [3.63, 3.8) is 0 Å². The second-order valence-electron chi connectivity index (χ2n) is 2.69. The van der Waals surface area contributed by atoms with E-state index in [1.165, 1.54) is 13.2 Å². The highest BCUT2D eigenvalue weighted by Gasteiger charge is 2.16. The van der Waals surface area contributed by atoms with E-state index >= 15 is 0 Å². The van der Waals surface area contributed by atoms with E-state index in [1.807, 2.05) is 0 Å². The minimum Gasteiger partial charge on any atom is -0.504 e. The predicted molar refractivity (Wildman–Crippen MR) is 50.4 cm³/mol. The Balaban J connectivity index is 3.28. The lowest BCUT2D eigenvalue weighted by atomic mass is 10.1. The van der Waals surface area contributed by atoms with Crippen LogP contribution in [0.15, 0.2) is 6.07 Å². The molecule has 5 heteroatoms. The first kappa shape index (κ1) is 11.1. The van der Waals surface area contributed by atoms with Crippen LogP contribution in [0, 0.1) is 5.82 Å². The second-order valence-corrected chi connectivity index (χ2v) is 3.09. The Kier molecular flexibility index (Phi) is 3.55. The highest BCUT2D eigenvalue weighted by Crippen LogP contribution is 2.36. The van der Waals surface area contributed by atoms with Crippen LogP contribution in [0.5, 0.6) is 11.5 Å². The number of phenols is 1. The lowest BCUT2D eigenvalue weighted by Gasteiger charge is -2.10. The molecule has 3 nitrogen and oxygen atoms in total. The van der Waals surface area contributed by atoms with Gasteiger partial charge >= 0.3 is 0 Å². The van der Waals surface area contributed by atoms with E-state index in [-0.39, 0.29) is 23.8 Å². The van der Waals surface area contributed by atoms with Crippen molar-refractivity contribution in [1.29, 1.82) is 0 Å². The molecule has 0 radical (unpaired) electrons. The number of halogens is 2. The number of hydrogen-bond acceptors (Lipinski definition) is 3. The monoisotopic (exact) mass is 220 g/mol. The van der Waals surface area contributed by atoms with E-state index in [0.29, 0.717) is 5.56 Å². The average molecular weight is 221 g/mol. The number of hydrogen-bond donors (Lipinski definition) is 2. The zero-order chi connectivity index (χ0) is 10.7. The molecule has 0 aliphatic carbocycles. The number of phenolic OH excluding ortho intramolecular Hbond substituents is 1. The smallest absolute Gasteiger partial charge is 0.208 e. The van der Waals surface area contributed by atoms with Gasteiger partial charge in [-0.05, 0) is 12.5 Å². The van der Waals surface area contributed by atoms with Crippen molar-refractivity contribution in [2.24, 2.45) is 0 Å². The molecule has 0 fully saturated rings. The van der Waals surface area contributed by atoms with Crippen molar-refractivity contribution < 1.29 is 19.3 Å². The first-order valence-corrected chi connectivity index (χ1v) is 4.34. The molecule has 0 unspecified atom stereocenters. The molecule has 0 spiro atoms. The summed E-state index contributed by atoms with van der Waals surface area (Å²) in [6.45, 7) is -0.142. The van der Waals surface area contributed by atoms with Gasteiger partial charge in [0.05, 0.1) is 12.1 Å². The van der Waals surface area contributed by atoms with E-state index in [9.17, 15) is 4.39 Å². The molecule has 1 rings (SSSR count). The zero-order valence-corrected chi connectivity index (χ0v) is 8.31. The van der Waals surface area contributed by atoms with Gasteiger partial charge in [-0.3, -0.25) is 0 Å². The summed E-state index contributed by atoms with van der Waals surface area (Å²) in [4.78, 5) is 0. The van der Waals surface area contributed by atoms with Crippen LogP contribution in [-0.4, -0.2) is 23.9 Å². The molecule has 1 aromatic carbocycles. The van der Waals surface area contributed by atoms with Gasteiger partial charge in [-0.15, -0.1) is 0 Å². The molecule has 0 heterocycles. The summed E-state index contributed by atoms with van der Waals surface area (Å²) in [5, 5.41) is 17.8. The molecule has 0 amide bonds. The molecule has 0 bridgehead atoms. The quantitative estimate of drug-likeness (QED) is 0.816. The predicted octanol–water partition coefficient (Wildman–Crippen LogP) is 1.73. The third-order valence-corrected chi connectivity index (χ3v) is 2.10. The molecule has 1 aromatic rings. The van der Waals surface area contributed by atoms with Gasteiger partial charge in [0.25, 0.3) is 0 Å². The number of ether oxygens (including phenoxy) is 1. The van der Waals surface area contributed by atoms with Crippen LogP contribution >= 0.6 is 11.6 Å². The van der Waals surface area contributed by atoms with E-state index in [2.05, 4.69) is 0 Å². The van der Waals surface area contributed by atoms with Crippen molar-refractivity contribution in [1.82, 2.24) is 0 Å². The normalized spacial score (nSPS) is 10.3. The first-order chi connectivity index (χ1) is 6.61. The lowest BCUT2D eigenvalue weighted by Crippen LogP contribution is -1.99. The van der Waals surface area contributed by atoms with Crippen LogP contribution in [0.1, 0.15) is 5.56 Å². The number of aromatic hydroxyl groups is 1. The van der Waals surface area contributed by atoms with Crippen molar-refractivity contribution in [2.45, 2.75) is 6.42 Å². The Morgan fingerprint density at radius 1 is 1.57 bits per heavy atom. The Bertz CT molecular complexity index is 341. The summed E-state index contributed by atoms with van der Waals surface area (Å²) in [5.74, 6) is -1.62. The summed E-state index contributed by atoms with van der Waals surface area (Å²) in [6.07, 6.45) is 0.222. The lowest BCUT2D eigenvalue weighted by molar-refractivity contribution is 0.294. The topological polar surface area (TPSA) is 49.7 Å². The molecule has 0 saturated heterocycles. The average Bonchev–Trinajstić information content (AvgIpc) is 2.16. The summed E-state index contributed by atoms with van der Waals surface area (Å²) >= 11 is 5.56. The van der Waals surface area contributed by atoms with Crippen molar-refractivity contribution in [2.75, 3.05) is 13.7 Å². The maximum atomic E-state index is 13.3. The molecule has 14 heavy (non-hydrogen) atoms. The fourth-order valence-corrected chi connectivity index (χ4v) is 1.38. The maximum absolute atomic E-state index is 13.3. The molecule has 2 N–H and O–H groups in total. The fourth-order valence-electron chi connectivity index (χ4n) is 1.17. The molecule has 0 aromatic heterocycles. The molecule has 0 saturated carbocycles. The van der Waals surface area contributed by atoms with Gasteiger partial charge in [0, 0.05) is 12.2 Å². The van der Waals surface area contributed by atoms with Gasteiger partial charge in [0.15, 0.2) is 11.5 Å². The van der Waals surface area contributed by atoms with Crippen LogP contribution < -0.4 is 4.74 Å². The van der Waals surface area contributed by atoms with E-state index < -0.39 is 11.6 Å². The summed E-state index contributed by atoms with van der Waals surface area (Å²) in [6, 6.07) is 1.37. The number of rotatable bonds is 3. The van der Waals surface area contributed by atoms with E-state index in [1.54, 1.807) is 0 Å². The summed E-state index contributed by atoms with van der Waals surface area (Å²) < 4.78 is 18.1. The number of aliphatic hydroxyl groups excluding tert-OH is 1. The maximum Gasteiger partial charge on any atom is 0.208 e. The van der Waals surface area contributed by atoms with Crippen LogP contribution in [0.25, 0.3) is 0 Å². The summed E-state index contributed by atoms with van der Waals surface area (Å²) in [7, 11) is 1.28. The zero-order valence-electron chi connectivity index (χ0n) is 7.55. The molecular weight excluding hydrogens is 211 g/mol. The van der Waals surface area contributed by atoms with Gasteiger partial charge in [-0.1, -0.05) is 11.6 Å². The Labute approximate surface area is 85.7 Å². The van der Waals surface area contributed by atoms with Gasteiger partial charge in [-0.2, -0.15) is 4.39 Å². The third-order valence-electron chi connectivity index (χ3n) is 1.81. The second kappa shape index (κ2) is 4.48. The molecule has 0 aliphatic heterocycles. The number of aliphatic hydroxyl groups is 1. The Morgan fingerprint density at radius 3 is 2.71 bits per heavy atom. The third kappa shape index (κ3) is 1.91. The van der Waals surface area contributed by atoms with E-state index in [0.717, 1.165) is 0 Å². The van der Waals surface area contributed by atoms with Crippen molar-refractivity contribution in [3.8, 4) is 11.5 Å². The largest absolute Gasteiger partial charge is 0.504 e. The van der Waals surface area contributed by atoms with Crippen molar-refractivity contribution >= 4 is 11.6 Å². The highest BCUT2D eigenvalue weighted by molar-refractivity contribution is 6.32. The van der Waals surface area contributed by atoms with Crippen LogP contribution in [0.4, 0.5) is 4.39 Å². The molecule has 0 atom stereocenters. The van der Waals surface area contributed by atoms with Crippen molar-refractivity contribution in [3.05, 3.63) is 22.5 Å². The summed E-state index contributed by atoms with van der Waals surface area (Å²) in [5.41, 5.74) is 0.426.